The fourth-order valence-corrected chi connectivity index (χ4v) is 2.90. The van der Waals surface area contributed by atoms with Crippen molar-refractivity contribution in [3.05, 3.63) is 0 Å². The average molecular weight is 249 g/mol. The second-order valence-corrected chi connectivity index (χ2v) is 5.63. The third-order valence-electron chi connectivity index (χ3n) is 2.34. The van der Waals surface area contributed by atoms with Gasteiger partial charge in [0.05, 0.1) is 6.54 Å². The molecule has 1 aliphatic rings. The Balaban J connectivity index is 3.10. The highest BCUT2D eigenvalue weighted by molar-refractivity contribution is 7.87. The predicted molar refractivity (Wildman–Crippen MR) is 56.5 cm³/mol. The van der Waals surface area contributed by atoms with Crippen molar-refractivity contribution in [3.8, 4) is 0 Å². The number of nitrogens with zero attached hydrogens (tertiary/aromatic N) is 1. The van der Waals surface area contributed by atoms with Gasteiger partial charge in [-0.05, 0) is 13.8 Å². The van der Waals surface area contributed by atoms with Crippen molar-refractivity contribution >= 4 is 22.0 Å². The van der Waals surface area contributed by atoms with Crippen LogP contribution in [-0.4, -0.2) is 43.2 Å². The molecule has 7 nitrogen and oxygen atoms in total. The third kappa shape index (κ3) is 2.23. The molecule has 1 rings (SSSR count). The van der Waals surface area contributed by atoms with E-state index in [1.54, 1.807) is 6.92 Å². The highest BCUT2D eigenvalue weighted by Gasteiger charge is 2.46. The molecule has 0 aromatic heterocycles. The van der Waals surface area contributed by atoms with Crippen LogP contribution in [0.1, 0.15) is 20.8 Å². The van der Waals surface area contributed by atoms with Crippen molar-refractivity contribution in [1.82, 2.24) is 14.3 Å². The second kappa shape index (κ2) is 4.11. The number of carbonyl (C=O) groups excluding carboxylic acids is 2. The molecule has 0 bridgehead atoms. The maximum atomic E-state index is 11.8. The number of hydrogen-bond donors (Lipinski definition) is 2. The first-order valence-corrected chi connectivity index (χ1v) is 6.27. The fraction of sp³-hybridized carbons (Fsp3) is 0.750. The molecule has 0 aliphatic carbocycles. The Labute approximate surface area is 94.4 Å². The molecule has 2 amide bonds. The van der Waals surface area contributed by atoms with Crippen LogP contribution in [0, 0.1) is 0 Å². The minimum atomic E-state index is -3.81. The SMILES string of the molecule is CCNS(=O)(=O)N1CC(=O)NC(=O)C1(C)C. The van der Waals surface area contributed by atoms with Crippen LogP contribution in [0.3, 0.4) is 0 Å². The van der Waals surface area contributed by atoms with Gasteiger partial charge in [-0.25, -0.2) is 4.72 Å². The first kappa shape index (κ1) is 13.1. The summed E-state index contributed by atoms with van der Waals surface area (Å²) in [6, 6.07) is 0. The summed E-state index contributed by atoms with van der Waals surface area (Å²) >= 11 is 0. The largest absolute Gasteiger partial charge is 0.294 e. The monoisotopic (exact) mass is 249 g/mol. The van der Waals surface area contributed by atoms with Gasteiger partial charge in [0, 0.05) is 6.54 Å². The van der Waals surface area contributed by atoms with Gasteiger partial charge in [0.25, 0.3) is 10.2 Å². The van der Waals surface area contributed by atoms with Gasteiger partial charge in [-0.1, -0.05) is 6.92 Å². The molecule has 0 aromatic carbocycles. The maximum Gasteiger partial charge on any atom is 0.280 e. The smallest absolute Gasteiger partial charge is 0.280 e. The number of nitrogens with one attached hydrogen (secondary N) is 2. The van der Waals surface area contributed by atoms with Crippen molar-refractivity contribution < 1.29 is 18.0 Å². The Morgan fingerprint density at radius 1 is 1.44 bits per heavy atom. The van der Waals surface area contributed by atoms with Crippen molar-refractivity contribution in [1.29, 1.82) is 0 Å². The van der Waals surface area contributed by atoms with Crippen LogP contribution in [0.2, 0.25) is 0 Å². The number of piperazine rings is 1. The molecular weight excluding hydrogens is 234 g/mol. The lowest BCUT2D eigenvalue weighted by Gasteiger charge is -2.38. The summed E-state index contributed by atoms with van der Waals surface area (Å²) in [7, 11) is -3.81. The van der Waals surface area contributed by atoms with Gasteiger partial charge in [-0.3, -0.25) is 14.9 Å². The van der Waals surface area contributed by atoms with Gasteiger partial charge >= 0.3 is 0 Å². The summed E-state index contributed by atoms with van der Waals surface area (Å²) in [4.78, 5) is 22.7. The minimum absolute atomic E-state index is 0.199. The fourth-order valence-electron chi connectivity index (χ4n) is 1.41. The molecule has 0 radical (unpaired) electrons. The molecule has 0 saturated carbocycles. The van der Waals surface area contributed by atoms with Crippen molar-refractivity contribution in [2.45, 2.75) is 26.3 Å². The Morgan fingerprint density at radius 2 is 2.00 bits per heavy atom. The molecule has 2 N–H and O–H groups in total. The van der Waals surface area contributed by atoms with Gasteiger partial charge in [0.15, 0.2) is 0 Å². The molecule has 8 heteroatoms. The molecule has 1 heterocycles. The molecule has 0 unspecified atom stereocenters. The lowest BCUT2D eigenvalue weighted by molar-refractivity contribution is -0.141. The highest BCUT2D eigenvalue weighted by atomic mass is 32.2. The third-order valence-corrected chi connectivity index (χ3v) is 4.16. The average Bonchev–Trinajstić information content (AvgIpc) is 2.11. The summed E-state index contributed by atoms with van der Waals surface area (Å²) in [5.41, 5.74) is -1.27. The molecule has 1 fully saturated rings. The normalized spacial score (nSPS) is 21.9. The van der Waals surface area contributed by atoms with Crippen molar-refractivity contribution in [2.24, 2.45) is 0 Å². The van der Waals surface area contributed by atoms with Crippen LogP contribution < -0.4 is 10.0 Å². The van der Waals surface area contributed by atoms with E-state index in [2.05, 4.69) is 10.0 Å². The van der Waals surface area contributed by atoms with Crippen molar-refractivity contribution in [3.63, 3.8) is 0 Å². The standard InChI is InChI=1S/C8H15N3O4S/c1-4-9-16(14,15)11-5-6(12)10-7(13)8(11,2)3/h9H,4-5H2,1-3H3,(H,10,12,13). The van der Waals surface area contributed by atoms with E-state index in [9.17, 15) is 18.0 Å². The number of imide groups is 1. The van der Waals surface area contributed by atoms with E-state index in [-0.39, 0.29) is 13.1 Å². The number of carbonyl (C=O) groups is 2. The number of hydrogen-bond acceptors (Lipinski definition) is 4. The Kier molecular flexibility index (Phi) is 3.36. The summed E-state index contributed by atoms with van der Waals surface area (Å²) in [5, 5.41) is 2.10. The predicted octanol–water partition coefficient (Wildman–Crippen LogP) is -1.42. The van der Waals surface area contributed by atoms with Crippen LogP contribution >= 0.6 is 0 Å². The highest BCUT2D eigenvalue weighted by Crippen LogP contribution is 2.20. The Morgan fingerprint density at radius 3 is 2.50 bits per heavy atom. The molecular formula is C8H15N3O4S. The molecule has 1 saturated heterocycles. The molecule has 92 valence electrons. The quantitative estimate of drug-likeness (QED) is 0.600. The number of rotatable bonds is 3. The second-order valence-electron chi connectivity index (χ2n) is 3.95. The molecule has 0 aromatic rings. The van der Waals surface area contributed by atoms with Crippen LogP contribution in [0.4, 0.5) is 0 Å². The van der Waals surface area contributed by atoms with Crippen molar-refractivity contribution in [2.75, 3.05) is 13.1 Å². The van der Waals surface area contributed by atoms with Crippen LogP contribution in [0.15, 0.2) is 0 Å². The van der Waals surface area contributed by atoms with E-state index in [1.165, 1.54) is 13.8 Å². The minimum Gasteiger partial charge on any atom is -0.294 e. The molecule has 0 spiro atoms. The summed E-state index contributed by atoms with van der Waals surface area (Å²) < 4.78 is 26.7. The van der Waals surface area contributed by atoms with E-state index >= 15 is 0 Å². The summed E-state index contributed by atoms with van der Waals surface area (Å²) in [6.45, 7) is 4.36. The Bertz CT molecular complexity index is 415. The van der Waals surface area contributed by atoms with Gasteiger partial charge in [-0.15, -0.1) is 0 Å². The van der Waals surface area contributed by atoms with Gasteiger partial charge in [0.1, 0.15) is 5.54 Å². The zero-order chi connectivity index (χ0) is 12.6. The maximum absolute atomic E-state index is 11.8. The lowest BCUT2D eigenvalue weighted by Crippen LogP contribution is -2.66. The van der Waals surface area contributed by atoms with E-state index < -0.39 is 27.6 Å². The van der Waals surface area contributed by atoms with Gasteiger partial charge in [-0.2, -0.15) is 12.7 Å². The first-order chi connectivity index (χ1) is 7.21. The van der Waals surface area contributed by atoms with E-state index in [0.29, 0.717) is 0 Å². The van der Waals surface area contributed by atoms with Gasteiger partial charge < -0.3 is 0 Å². The topological polar surface area (TPSA) is 95.6 Å². The summed E-state index contributed by atoms with van der Waals surface area (Å²) in [6.07, 6.45) is 0. The molecule has 16 heavy (non-hydrogen) atoms. The van der Waals surface area contributed by atoms with Crippen LogP contribution in [0.5, 0.6) is 0 Å². The van der Waals surface area contributed by atoms with Crippen LogP contribution in [-0.2, 0) is 19.8 Å². The number of amides is 2. The van der Waals surface area contributed by atoms with Crippen LogP contribution in [0.25, 0.3) is 0 Å². The van der Waals surface area contributed by atoms with Gasteiger partial charge in [0.2, 0.25) is 11.8 Å². The zero-order valence-corrected chi connectivity index (χ0v) is 10.2. The summed E-state index contributed by atoms with van der Waals surface area (Å²) in [5.74, 6) is -1.24. The van der Waals surface area contributed by atoms with E-state index in [4.69, 9.17) is 0 Å². The molecule has 1 aliphatic heterocycles. The Hall–Kier alpha value is -0.990. The van der Waals surface area contributed by atoms with E-state index in [0.717, 1.165) is 4.31 Å². The molecule has 0 atom stereocenters. The van der Waals surface area contributed by atoms with E-state index in [1.807, 2.05) is 0 Å². The lowest BCUT2D eigenvalue weighted by atomic mass is 10.0. The first-order valence-electron chi connectivity index (χ1n) is 4.83. The zero-order valence-electron chi connectivity index (χ0n) is 9.40.